The molecule has 1 unspecified atom stereocenters. The average molecular weight is 185 g/mol. The summed E-state index contributed by atoms with van der Waals surface area (Å²) in [6, 6.07) is 7.08. The topological polar surface area (TPSA) is 26.3 Å². The SMILES string of the molecule is COc1ccc(C(Cl)C=O)cc1. The van der Waals surface area contributed by atoms with Crippen molar-refractivity contribution in [2.24, 2.45) is 0 Å². The van der Waals surface area contributed by atoms with Gasteiger partial charge < -0.3 is 9.53 Å². The minimum atomic E-state index is -0.559. The van der Waals surface area contributed by atoms with Crippen LogP contribution in [0.25, 0.3) is 0 Å². The Kier molecular flexibility index (Phi) is 3.11. The Balaban J connectivity index is 2.84. The number of carbonyl (C=O) groups is 1. The van der Waals surface area contributed by atoms with E-state index in [1.807, 2.05) is 0 Å². The van der Waals surface area contributed by atoms with E-state index in [2.05, 4.69) is 0 Å². The normalized spacial score (nSPS) is 12.2. The third-order valence-corrected chi connectivity index (χ3v) is 1.91. The maximum Gasteiger partial charge on any atom is 0.142 e. The highest BCUT2D eigenvalue weighted by Gasteiger charge is 2.04. The van der Waals surface area contributed by atoms with Crippen molar-refractivity contribution >= 4 is 17.9 Å². The van der Waals surface area contributed by atoms with Crippen LogP contribution in [0.4, 0.5) is 0 Å². The van der Waals surface area contributed by atoms with Gasteiger partial charge in [0.25, 0.3) is 0 Å². The third kappa shape index (κ3) is 1.98. The molecule has 64 valence electrons. The van der Waals surface area contributed by atoms with Gasteiger partial charge in [-0.1, -0.05) is 12.1 Å². The first-order chi connectivity index (χ1) is 5.77. The second-order valence-electron chi connectivity index (χ2n) is 2.31. The van der Waals surface area contributed by atoms with Crippen molar-refractivity contribution in [2.75, 3.05) is 7.11 Å². The van der Waals surface area contributed by atoms with Gasteiger partial charge >= 0.3 is 0 Å². The molecule has 0 amide bonds. The summed E-state index contributed by atoms with van der Waals surface area (Å²) < 4.78 is 4.95. The van der Waals surface area contributed by atoms with Crippen molar-refractivity contribution in [1.29, 1.82) is 0 Å². The van der Waals surface area contributed by atoms with E-state index in [9.17, 15) is 4.79 Å². The number of rotatable bonds is 3. The van der Waals surface area contributed by atoms with Gasteiger partial charge in [-0.25, -0.2) is 0 Å². The zero-order chi connectivity index (χ0) is 8.97. The number of methoxy groups -OCH3 is 1. The number of carbonyl (C=O) groups excluding carboxylic acids is 1. The molecule has 0 radical (unpaired) electrons. The average Bonchev–Trinajstić information content (AvgIpc) is 2.17. The van der Waals surface area contributed by atoms with E-state index in [0.29, 0.717) is 6.29 Å². The van der Waals surface area contributed by atoms with Crippen LogP contribution in [0, 0.1) is 0 Å². The van der Waals surface area contributed by atoms with E-state index in [1.54, 1.807) is 31.4 Å². The molecule has 0 bridgehead atoms. The number of hydrogen-bond acceptors (Lipinski definition) is 2. The standard InChI is InChI=1S/C9H9ClO2/c1-12-8-4-2-7(3-5-8)9(10)6-11/h2-6,9H,1H3. The van der Waals surface area contributed by atoms with Crippen LogP contribution >= 0.6 is 11.6 Å². The second kappa shape index (κ2) is 4.12. The number of ether oxygens (including phenoxy) is 1. The summed E-state index contributed by atoms with van der Waals surface area (Å²) >= 11 is 5.68. The van der Waals surface area contributed by atoms with E-state index in [0.717, 1.165) is 11.3 Å². The van der Waals surface area contributed by atoms with Crippen LogP contribution in [-0.4, -0.2) is 13.4 Å². The first-order valence-corrected chi connectivity index (χ1v) is 3.95. The number of aldehydes is 1. The Morgan fingerprint density at radius 3 is 2.42 bits per heavy atom. The molecule has 0 aliphatic heterocycles. The Morgan fingerprint density at radius 1 is 1.42 bits per heavy atom. The summed E-state index contributed by atoms with van der Waals surface area (Å²) in [5.41, 5.74) is 0.785. The second-order valence-corrected chi connectivity index (χ2v) is 2.78. The van der Waals surface area contributed by atoms with Gasteiger partial charge in [-0.3, -0.25) is 0 Å². The quantitative estimate of drug-likeness (QED) is 0.532. The fourth-order valence-electron chi connectivity index (χ4n) is 0.866. The smallest absolute Gasteiger partial charge is 0.142 e. The highest BCUT2D eigenvalue weighted by molar-refractivity contribution is 6.27. The van der Waals surface area contributed by atoms with E-state index in [1.165, 1.54) is 0 Å². The zero-order valence-electron chi connectivity index (χ0n) is 6.66. The molecular weight excluding hydrogens is 176 g/mol. The van der Waals surface area contributed by atoms with E-state index < -0.39 is 5.38 Å². The lowest BCUT2D eigenvalue weighted by atomic mass is 10.1. The monoisotopic (exact) mass is 184 g/mol. The maximum absolute atomic E-state index is 10.3. The molecular formula is C9H9ClO2. The highest BCUT2D eigenvalue weighted by atomic mass is 35.5. The van der Waals surface area contributed by atoms with E-state index >= 15 is 0 Å². The summed E-state index contributed by atoms with van der Waals surface area (Å²) in [4.78, 5) is 10.3. The van der Waals surface area contributed by atoms with Crippen LogP contribution in [0.15, 0.2) is 24.3 Å². The van der Waals surface area contributed by atoms with Gasteiger partial charge in [-0.2, -0.15) is 0 Å². The Bertz CT molecular complexity index is 256. The highest BCUT2D eigenvalue weighted by Crippen LogP contribution is 2.20. The van der Waals surface area contributed by atoms with Crippen LogP contribution in [-0.2, 0) is 4.79 Å². The minimum absolute atomic E-state index is 0.559. The molecule has 0 aliphatic carbocycles. The van der Waals surface area contributed by atoms with Crippen LogP contribution in [0.1, 0.15) is 10.9 Å². The Labute approximate surface area is 76.1 Å². The molecule has 0 aromatic heterocycles. The molecule has 2 nitrogen and oxygen atoms in total. The lowest BCUT2D eigenvalue weighted by Crippen LogP contribution is -1.91. The first-order valence-electron chi connectivity index (χ1n) is 3.51. The maximum atomic E-state index is 10.3. The Morgan fingerprint density at radius 2 is 2.00 bits per heavy atom. The molecule has 0 fully saturated rings. The number of benzene rings is 1. The fourth-order valence-corrected chi connectivity index (χ4v) is 1.01. The van der Waals surface area contributed by atoms with E-state index in [-0.39, 0.29) is 0 Å². The summed E-state index contributed by atoms with van der Waals surface area (Å²) in [6.07, 6.45) is 0.698. The predicted molar refractivity (Wildman–Crippen MR) is 47.7 cm³/mol. The molecule has 0 spiro atoms. The Hall–Kier alpha value is -1.02. The molecule has 1 atom stereocenters. The van der Waals surface area contributed by atoms with Crippen molar-refractivity contribution in [2.45, 2.75) is 5.38 Å². The van der Waals surface area contributed by atoms with Crippen LogP contribution in [0.2, 0.25) is 0 Å². The third-order valence-electron chi connectivity index (χ3n) is 1.55. The summed E-state index contributed by atoms with van der Waals surface area (Å²) in [6.45, 7) is 0. The van der Waals surface area contributed by atoms with Crippen LogP contribution < -0.4 is 4.74 Å². The van der Waals surface area contributed by atoms with Crippen LogP contribution in [0.3, 0.4) is 0 Å². The van der Waals surface area contributed by atoms with Gasteiger partial charge in [-0.05, 0) is 17.7 Å². The van der Waals surface area contributed by atoms with Crippen molar-refractivity contribution in [3.63, 3.8) is 0 Å². The largest absolute Gasteiger partial charge is 0.497 e. The van der Waals surface area contributed by atoms with Gasteiger partial charge in [0, 0.05) is 0 Å². The fraction of sp³-hybridized carbons (Fsp3) is 0.222. The molecule has 12 heavy (non-hydrogen) atoms. The van der Waals surface area contributed by atoms with Crippen molar-refractivity contribution in [3.8, 4) is 5.75 Å². The van der Waals surface area contributed by atoms with Crippen LogP contribution in [0.5, 0.6) is 5.75 Å². The van der Waals surface area contributed by atoms with Gasteiger partial charge in [-0.15, -0.1) is 11.6 Å². The first kappa shape index (κ1) is 9.07. The summed E-state index contributed by atoms with van der Waals surface area (Å²) in [5.74, 6) is 0.758. The number of halogens is 1. The number of hydrogen-bond donors (Lipinski definition) is 0. The van der Waals surface area contributed by atoms with Gasteiger partial charge in [0.2, 0.25) is 0 Å². The molecule has 3 heteroatoms. The molecule has 1 aromatic rings. The molecule has 0 heterocycles. The lowest BCUT2D eigenvalue weighted by Gasteiger charge is -2.03. The molecule has 0 N–H and O–H groups in total. The lowest BCUT2D eigenvalue weighted by molar-refractivity contribution is -0.107. The summed E-state index contributed by atoms with van der Waals surface area (Å²) in [7, 11) is 1.59. The van der Waals surface area contributed by atoms with Gasteiger partial charge in [0.15, 0.2) is 0 Å². The van der Waals surface area contributed by atoms with Crippen molar-refractivity contribution < 1.29 is 9.53 Å². The minimum Gasteiger partial charge on any atom is -0.497 e. The van der Waals surface area contributed by atoms with Gasteiger partial charge in [0.1, 0.15) is 17.4 Å². The predicted octanol–water partition coefficient (Wildman–Crippen LogP) is 2.17. The van der Waals surface area contributed by atoms with Crippen molar-refractivity contribution in [1.82, 2.24) is 0 Å². The summed E-state index contributed by atoms with van der Waals surface area (Å²) in [5, 5.41) is -0.559. The zero-order valence-corrected chi connectivity index (χ0v) is 7.41. The number of alkyl halides is 1. The molecule has 0 saturated carbocycles. The van der Waals surface area contributed by atoms with Gasteiger partial charge in [0.05, 0.1) is 7.11 Å². The van der Waals surface area contributed by atoms with Crippen molar-refractivity contribution in [3.05, 3.63) is 29.8 Å². The van der Waals surface area contributed by atoms with E-state index in [4.69, 9.17) is 16.3 Å². The molecule has 1 rings (SSSR count). The molecule has 0 saturated heterocycles. The molecule has 0 aliphatic rings. The molecule has 1 aromatic carbocycles.